The van der Waals surface area contributed by atoms with Crippen LogP contribution in [0.3, 0.4) is 0 Å². The van der Waals surface area contributed by atoms with Gasteiger partial charge in [0.25, 0.3) is 0 Å². The summed E-state index contributed by atoms with van der Waals surface area (Å²) in [5.74, 6) is 0.392. The molecule has 206 valence electrons. The van der Waals surface area contributed by atoms with Gasteiger partial charge in [0.15, 0.2) is 17.5 Å². The molecule has 9 nitrogen and oxygen atoms in total. The zero-order chi connectivity index (χ0) is 28.1. The third kappa shape index (κ3) is 6.74. The number of aromatic amines is 1. The van der Waals surface area contributed by atoms with Gasteiger partial charge in [-0.15, -0.1) is 0 Å². The van der Waals surface area contributed by atoms with Crippen LogP contribution in [-0.4, -0.2) is 46.7 Å². The number of esters is 1. The van der Waals surface area contributed by atoms with Crippen molar-refractivity contribution in [1.82, 2.24) is 14.8 Å². The maximum atomic E-state index is 13.1. The summed E-state index contributed by atoms with van der Waals surface area (Å²) in [7, 11) is 1.48. The molecule has 0 radical (unpaired) electrons. The molecule has 0 bridgehead atoms. The summed E-state index contributed by atoms with van der Waals surface area (Å²) in [5.41, 5.74) is -1.60. The maximum absolute atomic E-state index is 13.1. The van der Waals surface area contributed by atoms with E-state index >= 15 is 0 Å². The zero-order valence-electron chi connectivity index (χ0n) is 21.7. The lowest BCUT2D eigenvalue weighted by atomic mass is 10.1. The number of alkyl halides is 3. The second-order valence-corrected chi connectivity index (χ2v) is 8.91. The molecule has 12 heteroatoms. The molecule has 3 aromatic rings. The summed E-state index contributed by atoms with van der Waals surface area (Å²) in [4.78, 5) is 24.6. The van der Waals surface area contributed by atoms with Gasteiger partial charge in [-0.05, 0) is 63.6 Å². The van der Waals surface area contributed by atoms with E-state index in [2.05, 4.69) is 10.2 Å². The van der Waals surface area contributed by atoms with Crippen LogP contribution >= 0.6 is 0 Å². The molecule has 0 amide bonds. The van der Waals surface area contributed by atoms with Crippen molar-refractivity contribution in [1.29, 1.82) is 0 Å². The van der Waals surface area contributed by atoms with Gasteiger partial charge in [-0.2, -0.15) is 18.3 Å². The van der Waals surface area contributed by atoms with Gasteiger partial charge in [0.2, 0.25) is 0 Å². The maximum Gasteiger partial charge on any atom is 0.416 e. The number of benzene rings is 2. The van der Waals surface area contributed by atoms with Crippen LogP contribution in [0, 0.1) is 6.92 Å². The van der Waals surface area contributed by atoms with Gasteiger partial charge in [-0.25, -0.2) is 14.7 Å². The summed E-state index contributed by atoms with van der Waals surface area (Å²) < 4.78 is 62.9. The van der Waals surface area contributed by atoms with Gasteiger partial charge in [-0.3, -0.25) is 4.57 Å². The van der Waals surface area contributed by atoms with Gasteiger partial charge < -0.3 is 18.9 Å². The molecule has 0 saturated carbocycles. The molecule has 1 aromatic heterocycles. The summed E-state index contributed by atoms with van der Waals surface area (Å²) in [6.45, 7) is 7.19. The van der Waals surface area contributed by atoms with Gasteiger partial charge in [0.1, 0.15) is 11.5 Å². The van der Waals surface area contributed by atoms with Crippen LogP contribution in [0.25, 0.3) is 0 Å². The molecular formula is C26H30F3N3O6. The molecule has 1 heterocycles. The molecule has 1 atom stereocenters. The molecule has 3 rings (SSSR count). The molecule has 0 fully saturated rings. The van der Waals surface area contributed by atoms with Crippen LogP contribution in [0.4, 0.5) is 13.2 Å². The second-order valence-electron chi connectivity index (χ2n) is 8.91. The predicted octanol–water partition coefficient (Wildman–Crippen LogP) is 4.43. The van der Waals surface area contributed by atoms with E-state index in [0.717, 1.165) is 12.1 Å². The zero-order valence-corrected chi connectivity index (χ0v) is 21.7. The second kappa shape index (κ2) is 11.7. The fraction of sp³-hybridized carbons (Fsp3) is 0.423. The van der Waals surface area contributed by atoms with E-state index in [0.29, 0.717) is 22.6 Å². The summed E-state index contributed by atoms with van der Waals surface area (Å²) in [5, 5.41) is 6.45. The first-order chi connectivity index (χ1) is 17.9. The number of ether oxygens (including phenoxy) is 4. The smallest absolute Gasteiger partial charge is 0.416 e. The van der Waals surface area contributed by atoms with Crippen molar-refractivity contribution in [3.8, 4) is 11.5 Å². The highest BCUT2D eigenvalue weighted by Crippen LogP contribution is 2.34. The van der Waals surface area contributed by atoms with Crippen molar-refractivity contribution < 1.29 is 36.9 Å². The van der Waals surface area contributed by atoms with Crippen molar-refractivity contribution in [3.63, 3.8) is 0 Å². The normalized spacial score (nSPS) is 12.7. The number of hydrogen-bond acceptors (Lipinski definition) is 7. The fourth-order valence-corrected chi connectivity index (χ4v) is 3.61. The van der Waals surface area contributed by atoms with E-state index in [9.17, 15) is 22.8 Å². The third-order valence-corrected chi connectivity index (χ3v) is 5.61. The van der Waals surface area contributed by atoms with Crippen molar-refractivity contribution >= 4 is 5.97 Å². The Balaban J connectivity index is 1.97. The number of carbonyl (C=O) groups excluding carboxylic acids is 1. The van der Waals surface area contributed by atoms with Crippen molar-refractivity contribution in [2.75, 3.05) is 20.3 Å². The van der Waals surface area contributed by atoms with Crippen LogP contribution in [0.15, 0.2) is 47.3 Å². The summed E-state index contributed by atoms with van der Waals surface area (Å²) in [6, 6.07) is 9.28. The standard InChI is InChI=1S/C26H30F3N3O6/c1-6-36-23(33)25(3,4)38-20-12-11-19(15-16(20)2)37-21(17-7-9-18(10-8-17)26(27,28)29)22-30-31-24(34)32(22)13-14-35-5/h7-12,15,21H,6,13-14H2,1-5H3,(H,31,34). The van der Waals surface area contributed by atoms with E-state index in [1.807, 2.05) is 0 Å². The number of nitrogens with one attached hydrogen (secondary N) is 1. The Labute approximate surface area is 217 Å². The highest BCUT2D eigenvalue weighted by atomic mass is 19.4. The molecule has 0 aliphatic heterocycles. The Hall–Kier alpha value is -3.80. The van der Waals surface area contributed by atoms with Gasteiger partial charge >= 0.3 is 17.8 Å². The first-order valence-corrected chi connectivity index (χ1v) is 11.8. The van der Waals surface area contributed by atoms with E-state index in [1.165, 1.54) is 23.8 Å². The Bertz CT molecular complexity index is 1300. The quantitative estimate of drug-likeness (QED) is 0.361. The first-order valence-electron chi connectivity index (χ1n) is 11.8. The van der Waals surface area contributed by atoms with Crippen LogP contribution in [0.1, 0.15) is 49.4 Å². The SMILES string of the molecule is CCOC(=O)C(C)(C)Oc1ccc(OC(c2ccc(C(F)(F)F)cc2)c2n[nH]c(=O)n2CCOC)cc1C. The first kappa shape index (κ1) is 28.8. The molecule has 0 aliphatic rings. The van der Waals surface area contributed by atoms with Crippen molar-refractivity contribution in [2.45, 2.75) is 52.1 Å². The van der Waals surface area contributed by atoms with Crippen LogP contribution in [0.5, 0.6) is 11.5 Å². The number of halogens is 3. The Morgan fingerprint density at radius 1 is 1.13 bits per heavy atom. The number of rotatable bonds is 11. The van der Waals surface area contributed by atoms with E-state index in [1.54, 1.807) is 45.9 Å². The topological polar surface area (TPSA) is 105 Å². The van der Waals surface area contributed by atoms with Crippen molar-refractivity contribution in [2.24, 2.45) is 0 Å². The van der Waals surface area contributed by atoms with Crippen molar-refractivity contribution in [3.05, 3.63) is 75.5 Å². The number of H-pyrrole nitrogens is 1. The van der Waals surface area contributed by atoms with Gasteiger partial charge in [0, 0.05) is 12.7 Å². The largest absolute Gasteiger partial charge is 0.478 e. The lowest BCUT2D eigenvalue weighted by Gasteiger charge is -2.25. The molecule has 1 N–H and O–H groups in total. The van der Waals surface area contributed by atoms with Crippen LogP contribution < -0.4 is 15.2 Å². The minimum Gasteiger partial charge on any atom is -0.478 e. The summed E-state index contributed by atoms with van der Waals surface area (Å²) in [6.07, 6.45) is -5.54. The lowest BCUT2D eigenvalue weighted by molar-refractivity contribution is -0.158. The van der Waals surface area contributed by atoms with Crippen LogP contribution in [0.2, 0.25) is 0 Å². The van der Waals surface area contributed by atoms with E-state index in [4.69, 9.17) is 18.9 Å². The molecule has 1 unspecified atom stereocenters. The van der Waals surface area contributed by atoms with Gasteiger partial charge in [0.05, 0.1) is 25.3 Å². The Morgan fingerprint density at radius 2 is 1.82 bits per heavy atom. The number of carbonyl (C=O) groups is 1. The number of hydrogen-bond donors (Lipinski definition) is 1. The molecule has 2 aromatic carbocycles. The van der Waals surface area contributed by atoms with Crippen LogP contribution in [-0.2, 0) is 27.0 Å². The highest BCUT2D eigenvalue weighted by molar-refractivity contribution is 5.79. The molecular weight excluding hydrogens is 507 g/mol. The lowest BCUT2D eigenvalue weighted by Crippen LogP contribution is -2.39. The highest BCUT2D eigenvalue weighted by Gasteiger charge is 2.33. The minimum absolute atomic E-state index is 0.149. The molecule has 0 saturated heterocycles. The molecule has 0 aliphatic carbocycles. The fourth-order valence-electron chi connectivity index (χ4n) is 3.61. The average molecular weight is 538 g/mol. The number of aryl methyl sites for hydroxylation is 1. The van der Waals surface area contributed by atoms with Gasteiger partial charge in [-0.1, -0.05) is 12.1 Å². The average Bonchev–Trinajstić information content (AvgIpc) is 3.22. The monoisotopic (exact) mass is 537 g/mol. The summed E-state index contributed by atoms with van der Waals surface area (Å²) >= 11 is 0. The van der Waals surface area contributed by atoms with E-state index < -0.39 is 35.1 Å². The Kier molecular flexibility index (Phi) is 8.87. The number of aromatic nitrogens is 3. The number of nitrogens with zero attached hydrogens (tertiary/aromatic N) is 2. The number of methoxy groups -OCH3 is 1. The Morgan fingerprint density at radius 3 is 2.39 bits per heavy atom. The predicted molar refractivity (Wildman–Crippen MR) is 131 cm³/mol. The van der Waals surface area contributed by atoms with E-state index in [-0.39, 0.29) is 25.6 Å². The molecule has 38 heavy (non-hydrogen) atoms. The minimum atomic E-state index is -4.51. The third-order valence-electron chi connectivity index (χ3n) is 5.61. The molecule has 0 spiro atoms.